The zero-order chi connectivity index (χ0) is 11.5. The molecule has 15 heavy (non-hydrogen) atoms. The van der Waals surface area contributed by atoms with E-state index in [4.69, 9.17) is 0 Å². The Bertz CT molecular complexity index is 346. The number of anilines is 1. The van der Waals surface area contributed by atoms with Crippen molar-refractivity contribution in [1.82, 2.24) is 14.8 Å². The van der Waals surface area contributed by atoms with Crippen LogP contribution < -0.4 is 5.32 Å². The predicted octanol–water partition coefficient (Wildman–Crippen LogP) is 1.19. The first kappa shape index (κ1) is 11.5. The van der Waals surface area contributed by atoms with E-state index in [0.29, 0.717) is 4.68 Å². The van der Waals surface area contributed by atoms with Crippen molar-refractivity contribution in [1.29, 1.82) is 0 Å². The quantitative estimate of drug-likeness (QED) is 0.835. The number of alkyl halides is 3. The second-order valence-electron chi connectivity index (χ2n) is 2.78. The van der Waals surface area contributed by atoms with Crippen molar-refractivity contribution < 1.29 is 18.0 Å². The lowest BCUT2D eigenvalue weighted by atomic mass is 10.5. The molecule has 0 unspecified atom stereocenters. The van der Waals surface area contributed by atoms with Crippen molar-refractivity contribution in [2.45, 2.75) is 26.1 Å². The van der Waals surface area contributed by atoms with Crippen molar-refractivity contribution in [3.63, 3.8) is 0 Å². The lowest BCUT2D eigenvalue weighted by Crippen LogP contribution is -2.18. The molecular weight excluding hydrogens is 213 g/mol. The van der Waals surface area contributed by atoms with E-state index in [1.807, 2.05) is 0 Å². The molecule has 8 heteroatoms. The molecule has 0 saturated heterocycles. The molecule has 0 saturated carbocycles. The first-order valence-electron chi connectivity index (χ1n) is 4.17. The molecule has 1 amide bonds. The summed E-state index contributed by atoms with van der Waals surface area (Å²) in [6, 6.07) is 0. The van der Waals surface area contributed by atoms with Gasteiger partial charge in [-0.2, -0.15) is 13.2 Å². The highest BCUT2D eigenvalue weighted by Crippen LogP contribution is 2.16. The summed E-state index contributed by atoms with van der Waals surface area (Å²) in [4.78, 5) is 14.4. The number of nitrogens with one attached hydrogen (secondary N) is 1. The number of carbonyl (C=O) groups excluding carboxylic acids is 1. The van der Waals surface area contributed by atoms with Gasteiger partial charge in [-0.1, -0.05) is 6.92 Å². The molecule has 84 valence electrons. The van der Waals surface area contributed by atoms with Gasteiger partial charge in [-0.3, -0.25) is 10.1 Å². The molecule has 0 atom stereocenters. The summed E-state index contributed by atoms with van der Waals surface area (Å²) in [5, 5.41) is 5.69. The third kappa shape index (κ3) is 3.96. The molecule has 1 rings (SSSR count). The summed E-state index contributed by atoms with van der Waals surface area (Å²) in [6.07, 6.45) is -3.22. The van der Waals surface area contributed by atoms with E-state index in [9.17, 15) is 18.0 Å². The monoisotopic (exact) mass is 222 g/mol. The van der Waals surface area contributed by atoms with Gasteiger partial charge in [-0.15, -0.1) is 5.10 Å². The van der Waals surface area contributed by atoms with Crippen molar-refractivity contribution in [3.8, 4) is 0 Å². The van der Waals surface area contributed by atoms with E-state index < -0.39 is 12.7 Å². The molecular formula is C7H9F3N4O. The van der Waals surface area contributed by atoms with Gasteiger partial charge >= 0.3 is 6.18 Å². The van der Waals surface area contributed by atoms with Crippen LogP contribution in [0.3, 0.4) is 0 Å². The number of carbonyl (C=O) groups is 1. The number of amides is 1. The molecule has 1 heterocycles. The van der Waals surface area contributed by atoms with Gasteiger partial charge in [0.25, 0.3) is 0 Å². The maximum absolute atomic E-state index is 11.9. The van der Waals surface area contributed by atoms with Gasteiger partial charge in [0.2, 0.25) is 11.9 Å². The van der Waals surface area contributed by atoms with Crippen molar-refractivity contribution in [2.75, 3.05) is 5.32 Å². The Morgan fingerprint density at radius 3 is 2.80 bits per heavy atom. The second-order valence-corrected chi connectivity index (χ2v) is 2.78. The first-order valence-corrected chi connectivity index (χ1v) is 4.17. The Kier molecular flexibility index (Phi) is 3.28. The molecule has 1 N–H and O–H groups in total. The Labute approximate surface area is 83.3 Å². The van der Waals surface area contributed by atoms with Crippen molar-refractivity contribution in [2.24, 2.45) is 0 Å². The van der Waals surface area contributed by atoms with E-state index in [1.165, 1.54) is 0 Å². The smallest absolute Gasteiger partial charge is 0.293 e. The van der Waals surface area contributed by atoms with Crippen LogP contribution in [-0.4, -0.2) is 26.8 Å². The number of nitrogens with zero attached hydrogens (tertiary/aromatic N) is 3. The average molecular weight is 222 g/mol. The minimum atomic E-state index is -4.35. The van der Waals surface area contributed by atoms with E-state index in [2.05, 4.69) is 15.4 Å². The summed E-state index contributed by atoms with van der Waals surface area (Å²) in [6.45, 7) is 0.393. The van der Waals surface area contributed by atoms with Gasteiger partial charge in [0.1, 0.15) is 12.9 Å². The van der Waals surface area contributed by atoms with E-state index in [0.717, 1.165) is 6.33 Å². The molecule has 0 spiro atoms. The van der Waals surface area contributed by atoms with E-state index in [-0.39, 0.29) is 18.3 Å². The molecule has 5 nitrogen and oxygen atoms in total. The molecule has 0 aliphatic heterocycles. The van der Waals surface area contributed by atoms with Crippen molar-refractivity contribution in [3.05, 3.63) is 6.33 Å². The Balaban J connectivity index is 2.60. The molecule has 0 aromatic carbocycles. The van der Waals surface area contributed by atoms with E-state index in [1.54, 1.807) is 6.92 Å². The fourth-order valence-corrected chi connectivity index (χ4v) is 0.825. The summed E-state index contributed by atoms with van der Waals surface area (Å²) in [5.74, 6) is -0.467. The van der Waals surface area contributed by atoms with Crippen LogP contribution in [-0.2, 0) is 11.3 Å². The largest absolute Gasteiger partial charge is 0.408 e. The Morgan fingerprint density at radius 2 is 2.27 bits per heavy atom. The zero-order valence-corrected chi connectivity index (χ0v) is 7.88. The topological polar surface area (TPSA) is 59.8 Å². The van der Waals surface area contributed by atoms with Crippen LogP contribution in [0.15, 0.2) is 6.33 Å². The average Bonchev–Trinajstić information content (AvgIpc) is 2.49. The third-order valence-electron chi connectivity index (χ3n) is 1.45. The van der Waals surface area contributed by atoms with Crippen LogP contribution in [0.4, 0.5) is 19.1 Å². The maximum atomic E-state index is 11.9. The van der Waals surface area contributed by atoms with Gasteiger partial charge in [0.15, 0.2) is 0 Å². The summed E-state index contributed by atoms with van der Waals surface area (Å²) in [5.41, 5.74) is 0. The van der Waals surface area contributed by atoms with Crippen molar-refractivity contribution >= 4 is 11.9 Å². The van der Waals surface area contributed by atoms with E-state index >= 15 is 0 Å². The van der Waals surface area contributed by atoms with Crippen LogP contribution in [0.5, 0.6) is 0 Å². The molecule has 1 aromatic heterocycles. The summed E-state index contributed by atoms with van der Waals surface area (Å²) < 4.78 is 36.3. The normalized spacial score (nSPS) is 11.5. The molecule has 0 aliphatic rings. The highest BCUT2D eigenvalue weighted by atomic mass is 19.4. The molecule has 0 bridgehead atoms. The summed E-state index contributed by atoms with van der Waals surface area (Å²) in [7, 11) is 0. The molecule has 0 fully saturated rings. The van der Waals surface area contributed by atoms with Crippen LogP contribution in [0, 0.1) is 0 Å². The molecule has 0 aliphatic carbocycles. The number of aromatic nitrogens is 3. The maximum Gasteiger partial charge on any atom is 0.408 e. The number of rotatable bonds is 3. The Hall–Kier alpha value is -1.60. The second kappa shape index (κ2) is 4.28. The summed E-state index contributed by atoms with van der Waals surface area (Å²) >= 11 is 0. The van der Waals surface area contributed by atoms with Gasteiger partial charge < -0.3 is 0 Å². The standard InChI is InChI=1S/C7H9F3N4O/c1-2-5(15)12-6-11-4-14(13-6)3-7(8,9)10/h4H,2-3H2,1H3,(H,12,13,15). The lowest BCUT2D eigenvalue weighted by Gasteiger charge is -2.04. The van der Waals surface area contributed by atoms with Gasteiger partial charge in [0, 0.05) is 6.42 Å². The number of hydrogen-bond donors (Lipinski definition) is 1. The Morgan fingerprint density at radius 1 is 1.60 bits per heavy atom. The third-order valence-corrected chi connectivity index (χ3v) is 1.45. The van der Waals surface area contributed by atoms with Crippen LogP contribution in [0.25, 0.3) is 0 Å². The minimum absolute atomic E-state index is 0.119. The van der Waals surface area contributed by atoms with Gasteiger partial charge in [-0.05, 0) is 0 Å². The lowest BCUT2D eigenvalue weighted by molar-refractivity contribution is -0.142. The SMILES string of the molecule is CCC(=O)Nc1ncn(CC(F)(F)F)n1. The minimum Gasteiger partial charge on any atom is -0.293 e. The predicted molar refractivity (Wildman–Crippen MR) is 45.0 cm³/mol. The number of halogens is 3. The highest BCUT2D eigenvalue weighted by molar-refractivity contribution is 5.88. The fourth-order valence-electron chi connectivity index (χ4n) is 0.825. The van der Waals surface area contributed by atoms with Crippen LogP contribution in [0.1, 0.15) is 13.3 Å². The van der Waals surface area contributed by atoms with Crippen LogP contribution in [0.2, 0.25) is 0 Å². The zero-order valence-electron chi connectivity index (χ0n) is 7.88. The highest BCUT2D eigenvalue weighted by Gasteiger charge is 2.28. The first-order chi connectivity index (χ1) is 6.90. The van der Waals surface area contributed by atoms with Gasteiger partial charge in [-0.25, -0.2) is 9.67 Å². The number of hydrogen-bond acceptors (Lipinski definition) is 3. The molecule has 1 aromatic rings. The van der Waals surface area contributed by atoms with Gasteiger partial charge in [0.05, 0.1) is 0 Å². The molecule has 0 radical (unpaired) electrons. The van der Waals surface area contributed by atoms with Crippen LogP contribution >= 0.6 is 0 Å². The fraction of sp³-hybridized carbons (Fsp3) is 0.571.